The molecule has 11 heavy (non-hydrogen) atoms. The molecule has 0 aliphatic heterocycles. The van der Waals surface area contributed by atoms with Gasteiger partial charge in [0.15, 0.2) is 0 Å². The quantitative estimate of drug-likeness (QED) is 0.578. The van der Waals surface area contributed by atoms with Crippen molar-refractivity contribution in [2.24, 2.45) is 5.92 Å². The van der Waals surface area contributed by atoms with Crippen LogP contribution in [-0.4, -0.2) is 13.7 Å². The molecule has 0 aromatic heterocycles. The monoisotopic (exact) mass is 160 g/mol. The van der Waals surface area contributed by atoms with Gasteiger partial charge < -0.3 is 4.74 Å². The molecular formula is C10H24O. The second-order valence-electron chi connectivity index (χ2n) is 2.87. The summed E-state index contributed by atoms with van der Waals surface area (Å²) in [6, 6.07) is 0. The molecule has 0 saturated heterocycles. The third kappa shape index (κ3) is 7.86. The highest BCUT2D eigenvalue weighted by molar-refractivity contribution is 4.54. The van der Waals surface area contributed by atoms with Crippen LogP contribution >= 0.6 is 0 Å². The van der Waals surface area contributed by atoms with E-state index in [9.17, 15) is 0 Å². The van der Waals surface area contributed by atoms with Gasteiger partial charge in [-0.15, -0.1) is 0 Å². The Labute approximate surface area is 72.1 Å². The predicted octanol–water partition coefficient (Wildman–Crippen LogP) is 3.49. The van der Waals surface area contributed by atoms with E-state index in [1.54, 1.807) is 7.11 Å². The molecular weight excluding hydrogens is 136 g/mol. The molecule has 0 fully saturated rings. The summed E-state index contributed by atoms with van der Waals surface area (Å²) in [4.78, 5) is 0. The molecule has 0 bridgehead atoms. The third-order valence-corrected chi connectivity index (χ3v) is 1.95. The van der Waals surface area contributed by atoms with Crippen LogP contribution in [-0.2, 0) is 4.74 Å². The first-order chi connectivity index (χ1) is 4.85. The Balaban J connectivity index is 0. The van der Waals surface area contributed by atoms with E-state index in [0.717, 1.165) is 12.5 Å². The maximum Gasteiger partial charge on any atom is 0.0490 e. The van der Waals surface area contributed by atoms with E-state index in [1.807, 2.05) is 0 Å². The highest BCUT2D eigenvalue weighted by Crippen LogP contribution is 2.11. The molecule has 0 N–H and O–H groups in total. The Bertz CT molecular complexity index is 61.9. The molecule has 0 rings (SSSR count). The van der Waals surface area contributed by atoms with Crippen molar-refractivity contribution in [2.45, 2.75) is 47.0 Å². The van der Waals surface area contributed by atoms with E-state index >= 15 is 0 Å². The minimum Gasteiger partial charge on any atom is -0.384 e. The van der Waals surface area contributed by atoms with Crippen LogP contribution < -0.4 is 0 Å². The number of unbranched alkanes of at least 4 members (excludes halogenated alkanes) is 1. The van der Waals surface area contributed by atoms with Crippen LogP contribution in [0.2, 0.25) is 0 Å². The van der Waals surface area contributed by atoms with E-state index in [1.165, 1.54) is 25.7 Å². The van der Waals surface area contributed by atoms with Crippen molar-refractivity contribution in [3.63, 3.8) is 0 Å². The summed E-state index contributed by atoms with van der Waals surface area (Å²) in [6.07, 6.45) is 5.25. The van der Waals surface area contributed by atoms with Gasteiger partial charge in [-0.05, 0) is 12.3 Å². The van der Waals surface area contributed by atoms with Crippen molar-refractivity contribution < 1.29 is 4.74 Å². The summed E-state index contributed by atoms with van der Waals surface area (Å²) in [7, 11) is 1.79. The number of rotatable bonds is 6. The van der Waals surface area contributed by atoms with Crippen LogP contribution in [0.1, 0.15) is 47.0 Å². The lowest BCUT2D eigenvalue weighted by Crippen LogP contribution is -2.06. The lowest BCUT2D eigenvalue weighted by atomic mass is 10.0. The first-order valence-electron chi connectivity index (χ1n) is 4.34. The Morgan fingerprint density at radius 1 is 1.27 bits per heavy atom. The van der Waals surface area contributed by atoms with Gasteiger partial charge in [0, 0.05) is 13.7 Å². The molecule has 0 aliphatic carbocycles. The molecule has 0 amide bonds. The molecule has 0 aromatic carbocycles. The summed E-state index contributed by atoms with van der Waals surface area (Å²) in [5, 5.41) is 0. The third-order valence-electron chi connectivity index (χ3n) is 1.95. The SMILES string of the molecule is C.CCCCC(CC)COC. The normalized spacial score (nSPS) is 12.3. The summed E-state index contributed by atoms with van der Waals surface area (Å²) in [5.41, 5.74) is 0. The van der Waals surface area contributed by atoms with Gasteiger partial charge in [0.2, 0.25) is 0 Å². The summed E-state index contributed by atoms with van der Waals surface area (Å²) in [5.74, 6) is 0.796. The van der Waals surface area contributed by atoms with Crippen molar-refractivity contribution in [3.05, 3.63) is 0 Å². The summed E-state index contributed by atoms with van der Waals surface area (Å²) >= 11 is 0. The fourth-order valence-electron chi connectivity index (χ4n) is 1.13. The summed E-state index contributed by atoms with van der Waals surface area (Å²) in [6.45, 7) is 5.41. The topological polar surface area (TPSA) is 9.23 Å². The van der Waals surface area contributed by atoms with Crippen molar-refractivity contribution in [2.75, 3.05) is 13.7 Å². The van der Waals surface area contributed by atoms with Crippen molar-refractivity contribution in [1.29, 1.82) is 0 Å². The van der Waals surface area contributed by atoms with Gasteiger partial charge >= 0.3 is 0 Å². The molecule has 0 spiro atoms. The molecule has 70 valence electrons. The van der Waals surface area contributed by atoms with Crippen molar-refractivity contribution in [3.8, 4) is 0 Å². The molecule has 0 radical (unpaired) electrons. The van der Waals surface area contributed by atoms with Gasteiger partial charge in [-0.2, -0.15) is 0 Å². The van der Waals surface area contributed by atoms with E-state index in [4.69, 9.17) is 4.74 Å². The number of hydrogen-bond donors (Lipinski definition) is 0. The zero-order valence-electron chi connectivity index (χ0n) is 7.52. The van der Waals surface area contributed by atoms with Crippen LogP contribution in [0.5, 0.6) is 0 Å². The highest BCUT2D eigenvalue weighted by atomic mass is 16.5. The van der Waals surface area contributed by atoms with E-state index < -0.39 is 0 Å². The Morgan fingerprint density at radius 2 is 1.91 bits per heavy atom. The Hall–Kier alpha value is -0.0400. The maximum absolute atomic E-state index is 5.09. The minimum absolute atomic E-state index is 0. The second kappa shape index (κ2) is 9.96. The predicted molar refractivity (Wildman–Crippen MR) is 51.9 cm³/mol. The molecule has 1 nitrogen and oxygen atoms in total. The van der Waals surface area contributed by atoms with E-state index in [0.29, 0.717) is 0 Å². The molecule has 0 saturated carbocycles. The lowest BCUT2D eigenvalue weighted by Gasteiger charge is -2.11. The average molecular weight is 160 g/mol. The fourth-order valence-corrected chi connectivity index (χ4v) is 1.13. The lowest BCUT2D eigenvalue weighted by molar-refractivity contribution is 0.144. The van der Waals surface area contributed by atoms with Gasteiger partial charge in [-0.25, -0.2) is 0 Å². The molecule has 0 aliphatic rings. The largest absolute Gasteiger partial charge is 0.384 e. The Morgan fingerprint density at radius 3 is 2.27 bits per heavy atom. The number of ether oxygens (including phenoxy) is 1. The van der Waals surface area contributed by atoms with Crippen LogP contribution in [0.15, 0.2) is 0 Å². The number of methoxy groups -OCH3 is 1. The van der Waals surface area contributed by atoms with Gasteiger partial charge in [0.1, 0.15) is 0 Å². The average Bonchev–Trinajstić information content (AvgIpc) is 1.98. The summed E-state index contributed by atoms with van der Waals surface area (Å²) < 4.78 is 5.09. The highest BCUT2D eigenvalue weighted by Gasteiger charge is 2.03. The van der Waals surface area contributed by atoms with E-state index in [-0.39, 0.29) is 7.43 Å². The Kier molecular flexibility index (Phi) is 12.3. The zero-order valence-corrected chi connectivity index (χ0v) is 7.52. The van der Waals surface area contributed by atoms with Gasteiger partial charge in [-0.1, -0.05) is 40.5 Å². The van der Waals surface area contributed by atoms with Crippen LogP contribution in [0, 0.1) is 5.92 Å². The van der Waals surface area contributed by atoms with E-state index in [2.05, 4.69) is 13.8 Å². The molecule has 1 unspecified atom stereocenters. The minimum atomic E-state index is 0. The van der Waals surface area contributed by atoms with Crippen LogP contribution in [0.4, 0.5) is 0 Å². The maximum atomic E-state index is 5.09. The second-order valence-corrected chi connectivity index (χ2v) is 2.87. The van der Waals surface area contributed by atoms with Crippen molar-refractivity contribution >= 4 is 0 Å². The fraction of sp³-hybridized carbons (Fsp3) is 1.00. The van der Waals surface area contributed by atoms with Crippen LogP contribution in [0.25, 0.3) is 0 Å². The smallest absolute Gasteiger partial charge is 0.0490 e. The first-order valence-corrected chi connectivity index (χ1v) is 4.34. The standard InChI is InChI=1S/C9H20O.CH4/c1-4-6-7-9(5-2)8-10-3;/h9H,4-8H2,1-3H3;1H4. The first kappa shape index (κ1) is 13.5. The molecule has 0 heterocycles. The molecule has 1 atom stereocenters. The zero-order chi connectivity index (χ0) is 7.82. The van der Waals surface area contributed by atoms with Crippen molar-refractivity contribution in [1.82, 2.24) is 0 Å². The van der Waals surface area contributed by atoms with Gasteiger partial charge in [0.05, 0.1) is 0 Å². The van der Waals surface area contributed by atoms with Crippen LogP contribution in [0.3, 0.4) is 0 Å². The molecule has 0 aromatic rings. The number of hydrogen-bond acceptors (Lipinski definition) is 1. The molecule has 1 heteroatoms. The van der Waals surface area contributed by atoms with Gasteiger partial charge in [-0.3, -0.25) is 0 Å². The van der Waals surface area contributed by atoms with Gasteiger partial charge in [0.25, 0.3) is 0 Å².